The summed E-state index contributed by atoms with van der Waals surface area (Å²) in [5.74, 6) is 0.813. The maximum absolute atomic E-state index is 11.9. The van der Waals surface area contributed by atoms with E-state index in [1.165, 1.54) is 0 Å². The van der Waals surface area contributed by atoms with Crippen molar-refractivity contribution in [3.63, 3.8) is 0 Å². The molecule has 0 bridgehead atoms. The van der Waals surface area contributed by atoms with Crippen molar-refractivity contribution in [3.8, 4) is 17.1 Å². The summed E-state index contributed by atoms with van der Waals surface area (Å²) in [6, 6.07) is 3.65. The number of likely N-dealkylation sites (N-methyl/N-ethyl adjacent to an activating group) is 1. The van der Waals surface area contributed by atoms with Crippen LogP contribution < -0.4 is 9.64 Å². The summed E-state index contributed by atoms with van der Waals surface area (Å²) >= 11 is 6.24. The molecule has 3 rings (SSSR count). The van der Waals surface area contributed by atoms with Gasteiger partial charge in [0.1, 0.15) is 12.4 Å². The van der Waals surface area contributed by atoms with Crippen molar-refractivity contribution >= 4 is 23.3 Å². The number of aromatic nitrogens is 2. The van der Waals surface area contributed by atoms with E-state index in [4.69, 9.17) is 21.1 Å². The molecule has 0 spiro atoms. The molecule has 1 aromatic heterocycles. The number of hydrogen-bond donors (Lipinski definition) is 1. The molecule has 0 radical (unpaired) electrons. The van der Waals surface area contributed by atoms with E-state index in [0.29, 0.717) is 35.5 Å². The number of nitrogens with zero attached hydrogens (tertiary/aromatic N) is 2. The van der Waals surface area contributed by atoms with E-state index in [2.05, 4.69) is 14.9 Å². The lowest BCUT2D eigenvalue weighted by atomic mass is 10.1. The van der Waals surface area contributed by atoms with E-state index in [-0.39, 0.29) is 5.69 Å². The molecule has 0 aliphatic carbocycles. The Kier molecular flexibility index (Phi) is 4.17. The molecule has 1 aromatic carbocycles. The Morgan fingerprint density at radius 3 is 3.04 bits per heavy atom. The molecule has 2 aromatic rings. The lowest BCUT2D eigenvalue weighted by Crippen LogP contribution is -2.29. The van der Waals surface area contributed by atoms with Crippen LogP contribution in [0, 0.1) is 6.92 Å². The summed E-state index contributed by atoms with van der Waals surface area (Å²) in [5.41, 5.74) is 2.57. The van der Waals surface area contributed by atoms with Crippen LogP contribution in [-0.4, -0.2) is 42.7 Å². The van der Waals surface area contributed by atoms with Gasteiger partial charge >= 0.3 is 5.97 Å². The van der Waals surface area contributed by atoms with Crippen molar-refractivity contribution in [2.45, 2.75) is 13.8 Å². The van der Waals surface area contributed by atoms with Gasteiger partial charge in [0, 0.05) is 17.8 Å². The number of aryl methyl sites for hydroxylation is 1. The van der Waals surface area contributed by atoms with Crippen LogP contribution in [-0.2, 0) is 4.74 Å². The second kappa shape index (κ2) is 6.12. The number of aromatic amines is 1. The highest BCUT2D eigenvalue weighted by Crippen LogP contribution is 2.41. The summed E-state index contributed by atoms with van der Waals surface area (Å²) in [5, 5.41) is 0.586. The third-order valence-electron chi connectivity index (χ3n) is 3.73. The van der Waals surface area contributed by atoms with Crippen LogP contribution in [0.4, 0.5) is 5.69 Å². The molecule has 0 saturated carbocycles. The van der Waals surface area contributed by atoms with Gasteiger partial charge in [0.05, 0.1) is 24.4 Å². The van der Waals surface area contributed by atoms with E-state index in [1.54, 1.807) is 19.9 Å². The van der Waals surface area contributed by atoms with Gasteiger partial charge in [-0.25, -0.2) is 9.78 Å². The minimum atomic E-state index is -0.443. The average molecular weight is 336 g/mol. The maximum atomic E-state index is 11.9. The summed E-state index contributed by atoms with van der Waals surface area (Å²) in [6.07, 6.45) is 0. The van der Waals surface area contributed by atoms with E-state index < -0.39 is 5.97 Å². The fourth-order valence-electron chi connectivity index (χ4n) is 2.58. The molecule has 0 fully saturated rings. The first-order valence-corrected chi connectivity index (χ1v) is 7.80. The van der Waals surface area contributed by atoms with E-state index in [1.807, 2.05) is 13.1 Å². The Morgan fingerprint density at radius 1 is 1.52 bits per heavy atom. The van der Waals surface area contributed by atoms with Gasteiger partial charge in [-0.05, 0) is 26.0 Å². The number of carbonyl (C=O) groups excluding carboxylic acids is 1. The van der Waals surface area contributed by atoms with Gasteiger partial charge < -0.3 is 19.4 Å². The zero-order valence-corrected chi connectivity index (χ0v) is 14.0. The summed E-state index contributed by atoms with van der Waals surface area (Å²) in [6.45, 7) is 5.23. The third kappa shape index (κ3) is 2.86. The summed E-state index contributed by atoms with van der Waals surface area (Å²) < 4.78 is 10.8. The van der Waals surface area contributed by atoms with Gasteiger partial charge in [0.25, 0.3) is 0 Å². The Morgan fingerprint density at radius 2 is 2.30 bits per heavy atom. The van der Waals surface area contributed by atoms with Gasteiger partial charge in [0.15, 0.2) is 11.4 Å². The number of nitrogens with one attached hydrogen (secondary N) is 1. The Hall–Kier alpha value is -2.21. The van der Waals surface area contributed by atoms with Crippen molar-refractivity contribution in [1.29, 1.82) is 0 Å². The molecule has 0 saturated heterocycles. The SMILES string of the molecule is CCOC(=O)c1nc(-c2cc(Cl)cc3c2OCCN3C)[nH]c1C. The number of ether oxygens (including phenoxy) is 2. The number of hydrogen-bond acceptors (Lipinski definition) is 5. The molecule has 7 heteroatoms. The molecule has 122 valence electrons. The van der Waals surface area contributed by atoms with Crippen molar-refractivity contribution in [2.75, 3.05) is 31.7 Å². The molecule has 2 heterocycles. The minimum Gasteiger partial charge on any atom is -0.489 e. The molecule has 6 nitrogen and oxygen atoms in total. The van der Waals surface area contributed by atoms with Crippen molar-refractivity contribution in [1.82, 2.24) is 9.97 Å². The number of halogens is 1. The summed E-state index contributed by atoms with van der Waals surface area (Å²) in [4.78, 5) is 21.5. The molecular weight excluding hydrogens is 318 g/mol. The fourth-order valence-corrected chi connectivity index (χ4v) is 2.79. The number of esters is 1. The molecular formula is C16H18ClN3O3. The normalized spacial score (nSPS) is 13.5. The highest BCUT2D eigenvalue weighted by molar-refractivity contribution is 6.31. The van der Waals surface area contributed by atoms with E-state index >= 15 is 0 Å². The topological polar surface area (TPSA) is 67.5 Å². The van der Waals surface area contributed by atoms with Crippen LogP contribution in [0.25, 0.3) is 11.4 Å². The van der Waals surface area contributed by atoms with Crippen molar-refractivity contribution in [2.24, 2.45) is 0 Å². The maximum Gasteiger partial charge on any atom is 0.358 e. The smallest absolute Gasteiger partial charge is 0.358 e. The quantitative estimate of drug-likeness (QED) is 0.873. The first kappa shape index (κ1) is 15.7. The molecule has 23 heavy (non-hydrogen) atoms. The Balaban J connectivity index is 2.09. The largest absolute Gasteiger partial charge is 0.489 e. The third-order valence-corrected chi connectivity index (χ3v) is 3.95. The predicted molar refractivity (Wildman–Crippen MR) is 88.5 cm³/mol. The number of imidazole rings is 1. The van der Waals surface area contributed by atoms with Crippen LogP contribution in [0.15, 0.2) is 12.1 Å². The zero-order chi connectivity index (χ0) is 16.6. The monoisotopic (exact) mass is 335 g/mol. The number of fused-ring (bicyclic) bond motifs is 1. The van der Waals surface area contributed by atoms with Gasteiger partial charge in [-0.2, -0.15) is 0 Å². The van der Waals surface area contributed by atoms with Gasteiger partial charge in [-0.3, -0.25) is 0 Å². The number of anilines is 1. The molecule has 0 atom stereocenters. The first-order valence-electron chi connectivity index (χ1n) is 7.42. The minimum absolute atomic E-state index is 0.278. The van der Waals surface area contributed by atoms with Gasteiger partial charge in [0.2, 0.25) is 0 Å². The van der Waals surface area contributed by atoms with Crippen molar-refractivity contribution < 1.29 is 14.3 Å². The Labute approximate surface area is 139 Å². The van der Waals surface area contributed by atoms with Crippen LogP contribution in [0.1, 0.15) is 23.1 Å². The van der Waals surface area contributed by atoms with E-state index in [0.717, 1.165) is 17.8 Å². The zero-order valence-electron chi connectivity index (χ0n) is 13.3. The Bertz CT molecular complexity index is 757. The van der Waals surface area contributed by atoms with Gasteiger partial charge in [-0.1, -0.05) is 11.6 Å². The van der Waals surface area contributed by atoms with Crippen LogP contribution in [0.5, 0.6) is 5.75 Å². The first-order chi connectivity index (χ1) is 11.0. The number of carbonyl (C=O) groups is 1. The second-order valence-electron chi connectivity index (χ2n) is 5.35. The molecule has 1 N–H and O–H groups in total. The number of rotatable bonds is 3. The average Bonchev–Trinajstić information content (AvgIpc) is 2.90. The van der Waals surface area contributed by atoms with Crippen LogP contribution >= 0.6 is 11.6 Å². The number of H-pyrrole nitrogens is 1. The highest BCUT2D eigenvalue weighted by atomic mass is 35.5. The highest BCUT2D eigenvalue weighted by Gasteiger charge is 2.24. The standard InChI is InChI=1S/C16H18ClN3O3/c1-4-22-16(21)13-9(2)18-15(19-13)11-7-10(17)8-12-14(11)23-6-5-20(12)3/h7-8H,4-6H2,1-3H3,(H,18,19). The summed E-state index contributed by atoms with van der Waals surface area (Å²) in [7, 11) is 1.99. The second-order valence-corrected chi connectivity index (χ2v) is 5.79. The fraction of sp³-hybridized carbons (Fsp3) is 0.375. The lowest BCUT2D eigenvalue weighted by Gasteiger charge is -2.29. The van der Waals surface area contributed by atoms with Crippen molar-refractivity contribution in [3.05, 3.63) is 28.5 Å². The molecule has 1 aliphatic heterocycles. The van der Waals surface area contributed by atoms with Gasteiger partial charge in [-0.15, -0.1) is 0 Å². The molecule has 0 amide bonds. The van der Waals surface area contributed by atoms with Crippen LogP contribution in [0.3, 0.4) is 0 Å². The predicted octanol–water partition coefficient (Wildman–Crippen LogP) is 3.04. The number of benzene rings is 1. The van der Waals surface area contributed by atoms with Crippen LogP contribution in [0.2, 0.25) is 5.02 Å². The van der Waals surface area contributed by atoms with E-state index in [9.17, 15) is 4.79 Å². The molecule has 0 unspecified atom stereocenters. The molecule has 1 aliphatic rings. The lowest BCUT2D eigenvalue weighted by molar-refractivity contribution is 0.0519.